The van der Waals surface area contributed by atoms with E-state index in [0.29, 0.717) is 18.3 Å². The number of benzene rings is 1. The maximum Gasteiger partial charge on any atom is 0.337 e. The first-order chi connectivity index (χ1) is 10.1. The third kappa shape index (κ3) is 4.53. The molecule has 5 heteroatoms. The number of carbonyl (C=O) groups is 1. The van der Waals surface area contributed by atoms with Crippen molar-refractivity contribution in [3.05, 3.63) is 33.8 Å². The molecule has 0 heterocycles. The van der Waals surface area contributed by atoms with E-state index in [0.717, 1.165) is 35.7 Å². The molecule has 0 N–H and O–H groups in total. The molecule has 0 spiro atoms. The van der Waals surface area contributed by atoms with Crippen molar-refractivity contribution in [1.82, 2.24) is 0 Å². The minimum atomic E-state index is -0.335. The molecule has 0 saturated heterocycles. The van der Waals surface area contributed by atoms with E-state index in [1.54, 1.807) is 19.2 Å². The standard InChI is InChI=1S/C16H21BrO4/c1-19-13-4-3-5-14(9-13)21-10-12-7-6-11(8-15(12)17)16(18)20-2/h6-8,13-14H,3-5,9-10H2,1-2H3. The molecule has 1 aromatic rings. The summed E-state index contributed by atoms with van der Waals surface area (Å²) < 4.78 is 17.0. The van der Waals surface area contributed by atoms with Crippen LogP contribution in [0, 0.1) is 0 Å². The molecule has 1 saturated carbocycles. The van der Waals surface area contributed by atoms with E-state index in [9.17, 15) is 4.79 Å². The lowest BCUT2D eigenvalue weighted by molar-refractivity contribution is -0.0364. The van der Waals surface area contributed by atoms with Crippen LogP contribution in [0.5, 0.6) is 0 Å². The number of methoxy groups -OCH3 is 2. The van der Waals surface area contributed by atoms with Crippen LogP contribution in [0.15, 0.2) is 22.7 Å². The second-order valence-electron chi connectivity index (χ2n) is 5.26. The Morgan fingerprint density at radius 2 is 2.05 bits per heavy atom. The Balaban J connectivity index is 1.92. The molecule has 0 aliphatic heterocycles. The Labute approximate surface area is 133 Å². The summed E-state index contributed by atoms with van der Waals surface area (Å²) in [6.07, 6.45) is 4.86. The normalized spacial score (nSPS) is 22.0. The number of carbonyl (C=O) groups excluding carboxylic acids is 1. The van der Waals surface area contributed by atoms with Gasteiger partial charge in [-0.15, -0.1) is 0 Å². The lowest BCUT2D eigenvalue weighted by Gasteiger charge is -2.28. The van der Waals surface area contributed by atoms with Gasteiger partial charge < -0.3 is 14.2 Å². The molecule has 1 aliphatic carbocycles. The molecule has 1 aliphatic rings. The monoisotopic (exact) mass is 356 g/mol. The van der Waals surface area contributed by atoms with Gasteiger partial charge in [0.05, 0.1) is 31.5 Å². The molecule has 2 rings (SSSR count). The summed E-state index contributed by atoms with van der Waals surface area (Å²) in [4.78, 5) is 11.5. The fourth-order valence-electron chi connectivity index (χ4n) is 2.58. The smallest absolute Gasteiger partial charge is 0.337 e. The average Bonchev–Trinajstić information content (AvgIpc) is 2.53. The van der Waals surface area contributed by atoms with Crippen molar-refractivity contribution in [2.75, 3.05) is 14.2 Å². The number of halogens is 1. The predicted octanol–water partition coefficient (Wildman–Crippen LogP) is 3.71. The number of esters is 1. The average molecular weight is 357 g/mol. The van der Waals surface area contributed by atoms with Crippen molar-refractivity contribution in [3.63, 3.8) is 0 Å². The lowest BCUT2D eigenvalue weighted by atomic mass is 9.95. The molecule has 21 heavy (non-hydrogen) atoms. The van der Waals surface area contributed by atoms with E-state index in [-0.39, 0.29) is 12.1 Å². The summed E-state index contributed by atoms with van der Waals surface area (Å²) in [5.41, 5.74) is 1.56. The molecule has 4 nitrogen and oxygen atoms in total. The van der Waals surface area contributed by atoms with Crippen LogP contribution in [0.1, 0.15) is 41.6 Å². The van der Waals surface area contributed by atoms with Gasteiger partial charge in [0.2, 0.25) is 0 Å². The van der Waals surface area contributed by atoms with Gasteiger partial charge in [-0.25, -0.2) is 4.79 Å². The van der Waals surface area contributed by atoms with Crippen molar-refractivity contribution in [2.24, 2.45) is 0 Å². The van der Waals surface area contributed by atoms with Crippen LogP contribution in [0.2, 0.25) is 0 Å². The largest absolute Gasteiger partial charge is 0.465 e. The predicted molar refractivity (Wildman–Crippen MR) is 83.3 cm³/mol. The summed E-state index contributed by atoms with van der Waals surface area (Å²) in [6.45, 7) is 0.531. The topological polar surface area (TPSA) is 44.8 Å². The van der Waals surface area contributed by atoms with Crippen molar-refractivity contribution in [3.8, 4) is 0 Å². The second-order valence-corrected chi connectivity index (χ2v) is 6.11. The van der Waals surface area contributed by atoms with Gasteiger partial charge >= 0.3 is 5.97 Å². The quantitative estimate of drug-likeness (QED) is 0.754. The molecule has 116 valence electrons. The van der Waals surface area contributed by atoms with Crippen molar-refractivity contribution in [2.45, 2.75) is 44.5 Å². The summed E-state index contributed by atoms with van der Waals surface area (Å²) in [6, 6.07) is 5.42. The van der Waals surface area contributed by atoms with Gasteiger partial charge in [0.1, 0.15) is 0 Å². The third-order valence-electron chi connectivity index (χ3n) is 3.86. The van der Waals surface area contributed by atoms with Crippen molar-refractivity contribution in [1.29, 1.82) is 0 Å². The van der Waals surface area contributed by atoms with E-state index in [2.05, 4.69) is 15.9 Å². The minimum Gasteiger partial charge on any atom is -0.465 e. The number of rotatable bonds is 5. The molecule has 0 bridgehead atoms. The second kappa shape index (κ2) is 7.92. The van der Waals surface area contributed by atoms with Crippen LogP contribution in [0.25, 0.3) is 0 Å². The Morgan fingerprint density at radius 3 is 2.71 bits per heavy atom. The van der Waals surface area contributed by atoms with Crippen LogP contribution >= 0.6 is 15.9 Å². The Bertz CT molecular complexity index is 489. The van der Waals surface area contributed by atoms with Crippen LogP contribution in [-0.2, 0) is 20.8 Å². The van der Waals surface area contributed by atoms with Gasteiger partial charge in [0.15, 0.2) is 0 Å². The van der Waals surface area contributed by atoms with E-state index >= 15 is 0 Å². The van der Waals surface area contributed by atoms with Gasteiger partial charge in [-0.2, -0.15) is 0 Å². The van der Waals surface area contributed by atoms with Crippen LogP contribution < -0.4 is 0 Å². The summed E-state index contributed by atoms with van der Waals surface area (Å²) in [5, 5.41) is 0. The highest BCUT2D eigenvalue weighted by atomic mass is 79.9. The van der Waals surface area contributed by atoms with Gasteiger partial charge in [-0.3, -0.25) is 0 Å². The van der Waals surface area contributed by atoms with Crippen molar-refractivity contribution >= 4 is 21.9 Å². The summed E-state index contributed by atoms with van der Waals surface area (Å²) >= 11 is 3.48. The minimum absolute atomic E-state index is 0.246. The van der Waals surface area contributed by atoms with Gasteiger partial charge in [0, 0.05) is 11.6 Å². The molecule has 0 amide bonds. The molecule has 2 atom stereocenters. The molecule has 1 aromatic carbocycles. The molecular formula is C16H21BrO4. The zero-order valence-electron chi connectivity index (χ0n) is 12.4. The Kier molecular flexibility index (Phi) is 6.21. The third-order valence-corrected chi connectivity index (χ3v) is 4.60. The highest BCUT2D eigenvalue weighted by molar-refractivity contribution is 9.10. The molecule has 0 aromatic heterocycles. The van der Waals surface area contributed by atoms with E-state index < -0.39 is 0 Å². The van der Waals surface area contributed by atoms with Gasteiger partial charge in [0.25, 0.3) is 0 Å². The summed E-state index contributed by atoms with van der Waals surface area (Å²) in [5.74, 6) is -0.335. The maximum atomic E-state index is 11.5. The van der Waals surface area contributed by atoms with E-state index in [1.807, 2.05) is 6.07 Å². The molecule has 2 unspecified atom stereocenters. The SMILES string of the molecule is COC(=O)c1ccc(COC2CCCC(OC)C2)c(Br)c1. The fraction of sp³-hybridized carbons (Fsp3) is 0.562. The molecule has 1 fully saturated rings. The van der Waals surface area contributed by atoms with Crippen LogP contribution in [0.4, 0.5) is 0 Å². The molecule has 0 radical (unpaired) electrons. The highest BCUT2D eigenvalue weighted by Crippen LogP contribution is 2.26. The van der Waals surface area contributed by atoms with E-state index in [1.165, 1.54) is 7.11 Å². The Hall–Kier alpha value is -0.910. The zero-order valence-corrected chi connectivity index (χ0v) is 14.0. The Morgan fingerprint density at radius 1 is 1.29 bits per heavy atom. The highest BCUT2D eigenvalue weighted by Gasteiger charge is 2.22. The van der Waals surface area contributed by atoms with Crippen LogP contribution in [0.3, 0.4) is 0 Å². The van der Waals surface area contributed by atoms with Gasteiger partial charge in [-0.05, 0) is 43.4 Å². The summed E-state index contributed by atoms with van der Waals surface area (Å²) in [7, 11) is 3.14. The first-order valence-corrected chi connectivity index (χ1v) is 7.94. The number of hydrogen-bond donors (Lipinski definition) is 0. The van der Waals surface area contributed by atoms with Gasteiger partial charge in [-0.1, -0.05) is 22.0 Å². The van der Waals surface area contributed by atoms with Crippen LogP contribution in [-0.4, -0.2) is 32.4 Å². The zero-order chi connectivity index (χ0) is 15.2. The van der Waals surface area contributed by atoms with E-state index in [4.69, 9.17) is 14.2 Å². The lowest BCUT2D eigenvalue weighted by Crippen LogP contribution is -2.27. The van der Waals surface area contributed by atoms with Crippen molar-refractivity contribution < 1.29 is 19.0 Å². The maximum absolute atomic E-state index is 11.5. The first kappa shape index (κ1) is 16.5. The number of ether oxygens (including phenoxy) is 3. The fourth-order valence-corrected chi connectivity index (χ4v) is 3.08. The number of hydrogen-bond acceptors (Lipinski definition) is 4. The first-order valence-electron chi connectivity index (χ1n) is 7.15. The molecular weight excluding hydrogens is 336 g/mol.